The van der Waals surface area contributed by atoms with E-state index in [2.05, 4.69) is 10.3 Å². The number of furan rings is 1. The van der Waals surface area contributed by atoms with Crippen LogP contribution in [0.1, 0.15) is 34.5 Å². The van der Waals surface area contributed by atoms with Crippen molar-refractivity contribution in [3.8, 4) is 28.0 Å². The molecule has 6 rings (SSSR count). The quantitative estimate of drug-likeness (QED) is 0.166. The number of halogens is 3. The molecule has 1 fully saturated rings. The number of anilines is 1. The van der Waals surface area contributed by atoms with Crippen molar-refractivity contribution in [2.75, 3.05) is 25.9 Å². The van der Waals surface area contributed by atoms with Gasteiger partial charge in [-0.05, 0) is 83.4 Å². The first kappa shape index (κ1) is 31.7. The maximum absolute atomic E-state index is 13.6. The highest BCUT2D eigenvalue weighted by Crippen LogP contribution is 2.41. The van der Waals surface area contributed by atoms with E-state index in [0.717, 1.165) is 27.6 Å². The summed E-state index contributed by atoms with van der Waals surface area (Å²) in [6.45, 7) is 0.182. The number of pyridine rings is 1. The number of nitrogen functional groups attached to an aromatic ring is 1. The van der Waals surface area contributed by atoms with Gasteiger partial charge in [-0.1, -0.05) is 23.7 Å². The zero-order valence-corrected chi connectivity index (χ0v) is 26.2. The third kappa shape index (κ3) is 7.28. The number of fused-ring (bicyclic) bond motifs is 1. The van der Waals surface area contributed by atoms with E-state index < -0.39 is 5.92 Å². The van der Waals surface area contributed by atoms with Gasteiger partial charge >= 0.3 is 0 Å². The average Bonchev–Trinajstić information content (AvgIpc) is 3.49. The second-order valence-corrected chi connectivity index (χ2v) is 11.7. The number of aromatic nitrogens is 1. The summed E-state index contributed by atoms with van der Waals surface area (Å²) in [7, 11) is 1.57. The minimum absolute atomic E-state index is 0.0225. The lowest BCUT2D eigenvalue weighted by molar-refractivity contribution is -0.116. The van der Waals surface area contributed by atoms with Gasteiger partial charge in [0.25, 0.3) is 11.8 Å². The number of nitrogens with two attached hydrogens (primary N) is 1. The lowest BCUT2D eigenvalue weighted by Gasteiger charge is -2.31. The van der Waals surface area contributed by atoms with Crippen molar-refractivity contribution in [1.29, 1.82) is 0 Å². The molecule has 8 nitrogen and oxygen atoms in total. The van der Waals surface area contributed by atoms with E-state index in [1.54, 1.807) is 61.8 Å². The Hall–Kier alpha value is -5.22. The summed E-state index contributed by atoms with van der Waals surface area (Å²) < 4.78 is 39.2. The standard InChI is InChI=1S/C36H31ClF2N4O4/c1-46-31-9-8-27(37)19-29(31)30-18-25(23-4-6-24(7-5-23)35(45)43-14-12-36(38,39)13-15-43)16-26-17-28(47-34(26)30)21-42-33(44)11-3-22-2-10-32(40)41-20-22/h2-11,16-20H,12-15,21H2,1H3,(H2,40,41)(H,42,44). The summed E-state index contributed by atoms with van der Waals surface area (Å²) in [4.78, 5) is 31.0. The van der Waals surface area contributed by atoms with Crippen LogP contribution in [0.3, 0.4) is 0 Å². The fraction of sp³-hybridized carbons (Fsp3) is 0.194. The van der Waals surface area contributed by atoms with Crippen LogP contribution < -0.4 is 15.8 Å². The minimum Gasteiger partial charge on any atom is -0.496 e. The van der Waals surface area contributed by atoms with Crippen LogP contribution in [0.5, 0.6) is 5.75 Å². The van der Waals surface area contributed by atoms with Gasteiger partial charge in [0.2, 0.25) is 5.91 Å². The molecular weight excluding hydrogens is 626 g/mol. The van der Waals surface area contributed by atoms with Gasteiger partial charge in [0.15, 0.2) is 0 Å². The number of nitrogens with zero attached hydrogens (tertiary/aromatic N) is 2. The van der Waals surface area contributed by atoms with E-state index in [9.17, 15) is 18.4 Å². The second-order valence-electron chi connectivity index (χ2n) is 11.3. The number of rotatable bonds is 8. The molecule has 0 bridgehead atoms. The first-order valence-corrected chi connectivity index (χ1v) is 15.3. The van der Waals surface area contributed by atoms with Gasteiger partial charge in [-0.15, -0.1) is 0 Å². The van der Waals surface area contributed by atoms with Gasteiger partial charge in [0.1, 0.15) is 22.9 Å². The number of carbonyl (C=O) groups is 2. The van der Waals surface area contributed by atoms with Crippen molar-refractivity contribution in [3.63, 3.8) is 0 Å². The molecule has 0 unspecified atom stereocenters. The predicted molar refractivity (Wildman–Crippen MR) is 178 cm³/mol. The molecule has 2 aromatic heterocycles. The fourth-order valence-corrected chi connectivity index (χ4v) is 5.67. The molecule has 1 aliphatic heterocycles. The van der Waals surface area contributed by atoms with Crippen LogP contribution in [0, 0.1) is 0 Å². The van der Waals surface area contributed by atoms with Crippen LogP contribution in [0.25, 0.3) is 39.3 Å². The summed E-state index contributed by atoms with van der Waals surface area (Å²) in [6, 6.07) is 21.6. The van der Waals surface area contributed by atoms with Crippen LogP contribution in [0.2, 0.25) is 5.02 Å². The number of benzene rings is 3. The minimum atomic E-state index is -2.73. The first-order chi connectivity index (χ1) is 22.6. The van der Waals surface area contributed by atoms with Crippen molar-refractivity contribution in [2.24, 2.45) is 0 Å². The van der Waals surface area contributed by atoms with Crippen molar-refractivity contribution >= 4 is 46.3 Å². The Balaban J connectivity index is 1.29. The van der Waals surface area contributed by atoms with Crippen LogP contribution in [0.4, 0.5) is 14.6 Å². The van der Waals surface area contributed by atoms with Crippen LogP contribution in [-0.4, -0.2) is 47.8 Å². The van der Waals surface area contributed by atoms with Gasteiger partial charge in [0, 0.05) is 65.3 Å². The normalized spacial score (nSPS) is 14.4. The van der Waals surface area contributed by atoms with Crippen molar-refractivity contribution in [1.82, 2.24) is 15.2 Å². The van der Waals surface area contributed by atoms with Gasteiger partial charge in [-0.25, -0.2) is 13.8 Å². The maximum atomic E-state index is 13.6. The molecule has 1 aliphatic rings. The molecule has 3 heterocycles. The number of nitrogens with one attached hydrogen (secondary N) is 1. The summed E-state index contributed by atoms with van der Waals surface area (Å²) in [6.07, 6.45) is 3.96. The number of ether oxygens (including phenoxy) is 1. The summed E-state index contributed by atoms with van der Waals surface area (Å²) in [5.74, 6) is -1.79. The Morgan fingerprint density at radius 3 is 2.49 bits per heavy atom. The van der Waals surface area contributed by atoms with Gasteiger partial charge < -0.3 is 25.1 Å². The zero-order chi connectivity index (χ0) is 33.1. The maximum Gasteiger partial charge on any atom is 0.253 e. The number of methoxy groups -OCH3 is 1. The molecular formula is C36H31ClF2N4O4. The highest BCUT2D eigenvalue weighted by molar-refractivity contribution is 6.31. The zero-order valence-electron chi connectivity index (χ0n) is 25.4. The Kier molecular flexibility index (Phi) is 8.95. The second kappa shape index (κ2) is 13.3. The predicted octanol–water partition coefficient (Wildman–Crippen LogP) is 7.61. The van der Waals surface area contributed by atoms with E-state index in [1.807, 2.05) is 30.3 Å². The largest absolute Gasteiger partial charge is 0.496 e. The third-order valence-corrected chi connectivity index (χ3v) is 8.27. The van der Waals surface area contributed by atoms with Crippen LogP contribution in [-0.2, 0) is 11.3 Å². The van der Waals surface area contributed by atoms with Gasteiger partial charge in [-0.3, -0.25) is 9.59 Å². The molecule has 5 aromatic rings. The Bertz CT molecular complexity index is 1960. The summed E-state index contributed by atoms with van der Waals surface area (Å²) in [5.41, 5.74) is 10.5. The number of hydrogen-bond acceptors (Lipinski definition) is 6. The van der Waals surface area contributed by atoms with E-state index in [-0.39, 0.29) is 44.3 Å². The Morgan fingerprint density at radius 1 is 1.02 bits per heavy atom. The van der Waals surface area contributed by atoms with Crippen molar-refractivity contribution in [2.45, 2.75) is 25.3 Å². The molecule has 3 N–H and O–H groups in total. The summed E-state index contributed by atoms with van der Waals surface area (Å²) >= 11 is 6.40. The van der Waals surface area contributed by atoms with E-state index in [1.165, 1.54) is 11.0 Å². The molecule has 240 valence electrons. The van der Waals surface area contributed by atoms with Crippen molar-refractivity contribution in [3.05, 3.63) is 107 Å². The highest BCUT2D eigenvalue weighted by Gasteiger charge is 2.35. The number of alkyl halides is 2. The molecule has 0 saturated carbocycles. The number of amides is 2. The van der Waals surface area contributed by atoms with Crippen molar-refractivity contribution < 1.29 is 27.5 Å². The third-order valence-electron chi connectivity index (χ3n) is 8.04. The molecule has 47 heavy (non-hydrogen) atoms. The number of piperidine rings is 1. The topological polar surface area (TPSA) is 111 Å². The van der Waals surface area contributed by atoms with Crippen LogP contribution in [0.15, 0.2) is 89.5 Å². The Labute approximate surface area is 274 Å². The molecule has 1 saturated heterocycles. The molecule has 11 heteroatoms. The first-order valence-electron chi connectivity index (χ1n) is 14.9. The Morgan fingerprint density at radius 2 is 1.79 bits per heavy atom. The highest BCUT2D eigenvalue weighted by atomic mass is 35.5. The monoisotopic (exact) mass is 656 g/mol. The van der Waals surface area contributed by atoms with E-state index >= 15 is 0 Å². The molecule has 0 radical (unpaired) electrons. The van der Waals surface area contributed by atoms with E-state index in [4.69, 9.17) is 26.5 Å². The van der Waals surface area contributed by atoms with Crippen LogP contribution >= 0.6 is 11.6 Å². The van der Waals surface area contributed by atoms with E-state index in [0.29, 0.717) is 39.1 Å². The molecule has 0 spiro atoms. The number of likely N-dealkylation sites (tertiary alicyclic amines) is 1. The molecule has 2 amide bonds. The lowest BCUT2D eigenvalue weighted by atomic mass is 9.95. The fourth-order valence-electron chi connectivity index (χ4n) is 5.50. The average molecular weight is 657 g/mol. The van der Waals surface area contributed by atoms with Gasteiger partial charge in [0.05, 0.1) is 13.7 Å². The number of hydrogen-bond donors (Lipinski definition) is 2. The summed E-state index contributed by atoms with van der Waals surface area (Å²) in [5, 5.41) is 4.13. The lowest BCUT2D eigenvalue weighted by Crippen LogP contribution is -2.42. The SMILES string of the molecule is COc1ccc(Cl)cc1-c1cc(-c2ccc(C(=O)N3CCC(F)(F)CC3)cc2)cc2cc(CNC(=O)C=Cc3ccc(N)nc3)oc12. The smallest absolute Gasteiger partial charge is 0.253 e. The van der Waals surface area contributed by atoms with Gasteiger partial charge in [-0.2, -0.15) is 0 Å². The molecule has 0 aliphatic carbocycles. The molecule has 3 aromatic carbocycles. The number of carbonyl (C=O) groups excluding carboxylic acids is 2. The molecule has 0 atom stereocenters.